The molecule has 0 saturated carbocycles. The van der Waals surface area contributed by atoms with Crippen molar-refractivity contribution < 1.29 is 18.3 Å². The van der Waals surface area contributed by atoms with Crippen LogP contribution in [0, 0.1) is 5.92 Å². The summed E-state index contributed by atoms with van der Waals surface area (Å²) in [4.78, 5) is 10.8. The number of carbonyl (C=O) groups excluding carboxylic acids is 1. The number of ether oxygens (including phenoxy) is 1. The molecule has 12 heavy (non-hydrogen) atoms. The van der Waals surface area contributed by atoms with Gasteiger partial charge >= 0.3 is 5.97 Å². The number of carbonyl (C=O) groups is 1. The third kappa shape index (κ3) is 1.72. The maximum absolute atomic E-state index is 13.0. The zero-order chi connectivity index (χ0) is 9.19. The molecule has 0 spiro atoms. The van der Waals surface area contributed by atoms with E-state index in [0.29, 0.717) is 0 Å². The van der Waals surface area contributed by atoms with Crippen LogP contribution in [0.3, 0.4) is 0 Å². The summed E-state index contributed by atoms with van der Waals surface area (Å²) >= 11 is 0. The first-order valence-corrected chi connectivity index (χ1v) is 3.74. The summed E-state index contributed by atoms with van der Waals surface area (Å²) in [5, 5.41) is 2.72. The molecule has 1 aliphatic heterocycles. The number of alkyl halides is 2. The van der Waals surface area contributed by atoms with Crippen molar-refractivity contribution in [1.29, 1.82) is 0 Å². The highest BCUT2D eigenvalue weighted by molar-refractivity contribution is 5.73. The topological polar surface area (TPSA) is 38.3 Å². The van der Waals surface area contributed by atoms with Gasteiger partial charge < -0.3 is 10.1 Å². The molecule has 0 aromatic carbocycles. The molecule has 1 N–H and O–H groups in total. The van der Waals surface area contributed by atoms with Crippen LogP contribution in [0.15, 0.2) is 0 Å². The zero-order valence-electron chi connectivity index (χ0n) is 6.77. The van der Waals surface area contributed by atoms with Crippen LogP contribution < -0.4 is 5.32 Å². The van der Waals surface area contributed by atoms with Crippen LogP contribution in [0.2, 0.25) is 0 Å². The average Bonchev–Trinajstić information content (AvgIpc) is 2.02. The Kier molecular flexibility index (Phi) is 2.62. The van der Waals surface area contributed by atoms with Crippen LogP contribution in [0.25, 0.3) is 0 Å². The van der Waals surface area contributed by atoms with Gasteiger partial charge in [-0.15, -0.1) is 0 Å². The predicted octanol–water partition coefficient (Wildman–Crippen LogP) is 0.404. The molecule has 1 fully saturated rings. The molecule has 70 valence electrons. The van der Waals surface area contributed by atoms with Crippen LogP contribution in [-0.4, -0.2) is 32.1 Å². The average molecular weight is 179 g/mol. The fourth-order valence-electron chi connectivity index (χ4n) is 1.22. The van der Waals surface area contributed by atoms with E-state index in [9.17, 15) is 13.6 Å². The number of methoxy groups -OCH3 is 1. The van der Waals surface area contributed by atoms with Gasteiger partial charge in [-0.1, -0.05) is 0 Å². The fourth-order valence-corrected chi connectivity index (χ4v) is 1.22. The number of esters is 1. The lowest BCUT2D eigenvalue weighted by Crippen LogP contribution is -2.48. The minimum Gasteiger partial charge on any atom is -0.469 e. The second kappa shape index (κ2) is 3.35. The Balaban J connectivity index is 2.66. The van der Waals surface area contributed by atoms with Gasteiger partial charge in [0.15, 0.2) is 0 Å². The molecule has 1 rings (SSSR count). The van der Waals surface area contributed by atoms with Crippen LogP contribution >= 0.6 is 0 Å². The van der Waals surface area contributed by atoms with E-state index in [4.69, 9.17) is 0 Å². The molecule has 5 heteroatoms. The number of halogens is 2. The molecule has 1 aliphatic rings. The Bertz CT molecular complexity index is 184. The van der Waals surface area contributed by atoms with Crippen molar-refractivity contribution in [3.63, 3.8) is 0 Å². The highest BCUT2D eigenvalue weighted by Crippen LogP contribution is 2.30. The van der Waals surface area contributed by atoms with Gasteiger partial charge in [-0.25, -0.2) is 8.78 Å². The van der Waals surface area contributed by atoms with Crippen molar-refractivity contribution in [2.45, 2.75) is 12.3 Å². The Morgan fingerprint density at radius 2 is 2.33 bits per heavy atom. The molecule has 1 unspecified atom stereocenters. The van der Waals surface area contributed by atoms with E-state index >= 15 is 0 Å². The SMILES string of the molecule is COC(=O)C1CNCCC1(F)F. The normalized spacial score (nSPS) is 28.1. The first kappa shape index (κ1) is 9.38. The maximum Gasteiger partial charge on any atom is 0.316 e. The van der Waals surface area contributed by atoms with Gasteiger partial charge in [0.25, 0.3) is 5.92 Å². The van der Waals surface area contributed by atoms with Gasteiger partial charge in [0.2, 0.25) is 0 Å². The number of nitrogens with one attached hydrogen (secondary N) is 1. The van der Waals surface area contributed by atoms with Crippen molar-refractivity contribution >= 4 is 5.97 Å². The van der Waals surface area contributed by atoms with E-state index in [1.165, 1.54) is 0 Å². The van der Waals surface area contributed by atoms with Crippen molar-refractivity contribution in [2.75, 3.05) is 20.2 Å². The monoisotopic (exact) mass is 179 g/mol. The second-order valence-electron chi connectivity index (χ2n) is 2.79. The lowest BCUT2D eigenvalue weighted by molar-refractivity contribution is -0.163. The molecule has 0 amide bonds. The molecule has 0 radical (unpaired) electrons. The fraction of sp³-hybridized carbons (Fsp3) is 0.857. The van der Waals surface area contributed by atoms with Gasteiger partial charge in [-0.05, 0) is 0 Å². The first-order valence-electron chi connectivity index (χ1n) is 3.74. The third-order valence-electron chi connectivity index (χ3n) is 1.98. The summed E-state index contributed by atoms with van der Waals surface area (Å²) in [5.74, 6) is -5.08. The molecule has 3 nitrogen and oxygen atoms in total. The summed E-state index contributed by atoms with van der Waals surface area (Å²) in [6, 6.07) is 0. The Morgan fingerprint density at radius 1 is 1.67 bits per heavy atom. The van der Waals surface area contributed by atoms with Crippen LogP contribution in [0.1, 0.15) is 6.42 Å². The first-order chi connectivity index (χ1) is 5.58. The number of hydrogen-bond acceptors (Lipinski definition) is 3. The largest absolute Gasteiger partial charge is 0.469 e. The van der Waals surface area contributed by atoms with E-state index < -0.39 is 17.8 Å². The second-order valence-corrected chi connectivity index (χ2v) is 2.79. The van der Waals surface area contributed by atoms with E-state index in [1.807, 2.05) is 0 Å². The van der Waals surface area contributed by atoms with Crippen molar-refractivity contribution in [3.05, 3.63) is 0 Å². The summed E-state index contributed by atoms with van der Waals surface area (Å²) in [6.45, 7) is 0.250. The Morgan fingerprint density at radius 3 is 2.83 bits per heavy atom. The summed E-state index contributed by atoms with van der Waals surface area (Å²) in [6.07, 6.45) is -0.299. The smallest absolute Gasteiger partial charge is 0.316 e. The highest BCUT2D eigenvalue weighted by atomic mass is 19.3. The van der Waals surface area contributed by atoms with E-state index in [-0.39, 0.29) is 19.5 Å². The predicted molar refractivity (Wildman–Crippen MR) is 37.9 cm³/mol. The number of rotatable bonds is 1. The van der Waals surface area contributed by atoms with Crippen LogP contribution in [0.5, 0.6) is 0 Å². The van der Waals surface area contributed by atoms with Crippen LogP contribution in [-0.2, 0) is 9.53 Å². The lowest BCUT2D eigenvalue weighted by atomic mass is 9.95. The van der Waals surface area contributed by atoms with Gasteiger partial charge in [0.05, 0.1) is 7.11 Å². The highest BCUT2D eigenvalue weighted by Gasteiger charge is 2.46. The third-order valence-corrected chi connectivity index (χ3v) is 1.98. The van der Waals surface area contributed by atoms with E-state index in [2.05, 4.69) is 10.1 Å². The van der Waals surface area contributed by atoms with Crippen molar-refractivity contribution in [2.24, 2.45) is 5.92 Å². The minimum absolute atomic E-state index is 0.000324. The summed E-state index contributed by atoms with van der Waals surface area (Å²) in [5.41, 5.74) is 0. The molecular weight excluding hydrogens is 168 g/mol. The molecule has 0 aromatic heterocycles. The molecule has 0 aromatic rings. The molecule has 0 bridgehead atoms. The quantitative estimate of drug-likeness (QED) is 0.592. The Hall–Kier alpha value is -0.710. The summed E-state index contributed by atoms with van der Waals surface area (Å²) in [7, 11) is 1.12. The zero-order valence-corrected chi connectivity index (χ0v) is 6.77. The standard InChI is InChI=1S/C7H11F2NO2/c1-12-6(11)5-4-10-3-2-7(5,8)9/h5,10H,2-4H2,1H3. The van der Waals surface area contributed by atoms with Gasteiger partial charge in [0, 0.05) is 19.5 Å². The maximum atomic E-state index is 13.0. The van der Waals surface area contributed by atoms with E-state index in [0.717, 1.165) is 7.11 Å². The van der Waals surface area contributed by atoms with Gasteiger partial charge in [-0.3, -0.25) is 4.79 Å². The molecule has 1 atom stereocenters. The molecule has 1 heterocycles. The molecule has 1 saturated heterocycles. The number of hydrogen-bond donors (Lipinski definition) is 1. The number of piperidine rings is 1. The van der Waals surface area contributed by atoms with Gasteiger partial charge in [-0.2, -0.15) is 0 Å². The lowest BCUT2D eigenvalue weighted by Gasteiger charge is -2.29. The summed E-state index contributed by atoms with van der Waals surface area (Å²) < 4.78 is 30.2. The molecular formula is C7H11F2NO2. The van der Waals surface area contributed by atoms with Gasteiger partial charge in [0.1, 0.15) is 5.92 Å². The minimum atomic E-state index is -2.92. The Labute approximate surface area is 69.1 Å². The van der Waals surface area contributed by atoms with Crippen molar-refractivity contribution in [1.82, 2.24) is 5.32 Å². The van der Waals surface area contributed by atoms with Crippen LogP contribution in [0.4, 0.5) is 8.78 Å². The molecule has 0 aliphatic carbocycles. The van der Waals surface area contributed by atoms with Crippen molar-refractivity contribution in [3.8, 4) is 0 Å². The van der Waals surface area contributed by atoms with E-state index in [1.54, 1.807) is 0 Å².